The first-order chi connectivity index (χ1) is 10.6. The summed E-state index contributed by atoms with van der Waals surface area (Å²) in [7, 11) is 0. The quantitative estimate of drug-likeness (QED) is 0.695. The molecule has 0 radical (unpaired) electrons. The number of ether oxygens (including phenoxy) is 1. The smallest absolute Gasteiger partial charge is 0.342 e. The molecule has 0 aliphatic heterocycles. The highest BCUT2D eigenvalue weighted by Gasteiger charge is 2.21. The molecule has 0 N–H and O–H groups in total. The van der Waals surface area contributed by atoms with Gasteiger partial charge in [-0.2, -0.15) is 0 Å². The molecular formula is C16H16N4O2. The van der Waals surface area contributed by atoms with Crippen LogP contribution in [0.25, 0.3) is 17.0 Å². The van der Waals surface area contributed by atoms with Gasteiger partial charge in [0, 0.05) is 23.7 Å². The van der Waals surface area contributed by atoms with Gasteiger partial charge in [0.15, 0.2) is 11.5 Å². The monoisotopic (exact) mass is 296 g/mol. The van der Waals surface area contributed by atoms with Crippen LogP contribution >= 0.6 is 0 Å². The van der Waals surface area contributed by atoms with Crippen molar-refractivity contribution in [2.24, 2.45) is 0 Å². The van der Waals surface area contributed by atoms with Crippen molar-refractivity contribution in [2.45, 2.75) is 20.8 Å². The molecule has 22 heavy (non-hydrogen) atoms. The molecule has 6 heteroatoms. The van der Waals surface area contributed by atoms with E-state index in [1.165, 1.54) is 0 Å². The summed E-state index contributed by atoms with van der Waals surface area (Å²) in [4.78, 5) is 16.2. The van der Waals surface area contributed by atoms with Gasteiger partial charge in [-0.1, -0.05) is 0 Å². The van der Waals surface area contributed by atoms with Gasteiger partial charge in [0.1, 0.15) is 5.56 Å². The molecule has 0 spiro atoms. The summed E-state index contributed by atoms with van der Waals surface area (Å²) in [5.74, 6) is 0.305. The number of aromatic nitrogens is 4. The number of nitrogens with zero attached hydrogens (tertiary/aromatic N) is 4. The molecule has 0 aliphatic rings. The van der Waals surface area contributed by atoms with Crippen LogP contribution in [0.4, 0.5) is 0 Å². The van der Waals surface area contributed by atoms with Crippen molar-refractivity contribution in [3.8, 4) is 11.4 Å². The number of pyridine rings is 2. The van der Waals surface area contributed by atoms with Gasteiger partial charge in [-0.3, -0.25) is 9.38 Å². The Labute approximate surface area is 127 Å². The fourth-order valence-corrected chi connectivity index (χ4v) is 2.55. The largest absolute Gasteiger partial charge is 0.462 e. The third kappa shape index (κ3) is 2.22. The third-order valence-corrected chi connectivity index (χ3v) is 3.48. The zero-order chi connectivity index (χ0) is 15.7. The van der Waals surface area contributed by atoms with E-state index < -0.39 is 0 Å². The number of hydrogen-bond donors (Lipinski definition) is 0. The Hall–Kier alpha value is -2.76. The fraction of sp³-hybridized carbons (Fsp3) is 0.250. The van der Waals surface area contributed by atoms with Crippen LogP contribution < -0.4 is 0 Å². The topological polar surface area (TPSA) is 69.4 Å². The third-order valence-electron chi connectivity index (χ3n) is 3.48. The first-order valence-corrected chi connectivity index (χ1v) is 7.06. The standard InChI is InChI=1S/C16H16N4O2/c1-4-22-16(21)13-10(2)9-11(3)20-14(18-19-15(13)20)12-5-7-17-8-6-12/h5-9H,4H2,1-3H3. The highest BCUT2D eigenvalue weighted by molar-refractivity contribution is 5.97. The zero-order valence-electron chi connectivity index (χ0n) is 12.7. The maximum absolute atomic E-state index is 12.2. The van der Waals surface area contributed by atoms with E-state index in [0.29, 0.717) is 23.6 Å². The minimum atomic E-state index is -0.376. The minimum Gasteiger partial charge on any atom is -0.462 e. The van der Waals surface area contributed by atoms with Gasteiger partial charge in [0.25, 0.3) is 0 Å². The van der Waals surface area contributed by atoms with Crippen LogP contribution in [0.3, 0.4) is 0 Å². The SMILES string of the molecule is CCOC(=O)c1c(C)cc(C)n2c(-c3ccncc3)nnc12. The number of fused-ring (bicyclic) bond motifs is 1. The Kier molecular flexibility index (Phi) is 3.58. The number of carbonyl (C=O) groups is 1. The second-order valence-electron chi connectivity index (χ2n) is 4.98. The molecule has 0 atom stereocenters. The van der Waals surface area contributed by atoms with Gasteiger partial charge in [-0.05, 0) is 44.5 Å². The van der Waals surface area contributed by atoms with Crippen LogP contribution in [0, 0.1) is 13.8 Å². The second-order valence-corrected chi connectivity index (χ2v) is 4.98. The lowest BCUT2D eigenvalue weighted by Gasteiger charge is -2.10. The molecule has 3 heterocycles. The summed E-state index contributed by atoms with van der Waals surface area (Å²) in [6.45, 7) is 5.94. The lowest BCUT2D eigenvalue weighted by Crippen LogP contribution is -2.10. The van der Waals surface area contributed by atoms with Crippen molar-refractivity contribution in [3.05, 3.63) is 47.4 Å². The van der Waals surface area contributed by atoms with Crippen molar-refractivity contribution in [1.29, 1.82) is 0 Å². The highest BCUT2D eigenvalue weighted by Crippen LogP contribution is 2.24. The Bertz CT molecular complexity index is 840. The summed E-state index contributed by atoms with van der Waals surface area (Å²) in [5, 5.41) is 8.46. The summed E-state index contributed by atoms with van der Waals surface area (Å²) in [6.07, 6.45) is 3.40. The molecule has 3 aromatic rings. The average Bonchev–Trinajstić information content (AvgIpc) is 2.93. The molecule has 0 saturated heterocycles. The summed E-state index contributed by atoms with van der Waals surface area (Å²) in [5.41, 5.74) is 3.65. The van der Waals surface area contributed by atoms with Crippen molar-refractivity contribution in [2.75, 3.05) is 6.61 Å². The predicted octanol–water partition coefficient (Wildman–Crippen LogP) is 2.58. The van der Waals surface area contributed by atoms with E-state index in [0.717, 1.165) is 16.8 Å². The molecule has 0 aliphatic carbocycles. The molecule has 3 aromatic heterocycles. The molecule has 0 saturated carbocycles. The van der Waals surface area contributed by atoms with E-state index in [2.05, 4.69) is 15.2 Å². The molecule has 0 aromatic carbocycles. The molecule has 0 fully saturated rings. The van der Waals surface area contributed by atoms with Crippen LogP contribution in [-0.2, 0) is 4.74 Å². The van der Waals surface area contributed by atoms with Gasteiger partial charge in [0.05, 0.1) is 6.61 Å². The van der Waals surface area contributed by atoms with E-state index in [9.17, 15) is 4.79 Å². The Morgan fingerprint density at radius 2 is 1.95 bits per heavy atom. The first kappa shape index (κ1) is 14.2. The van der Waals surface area contributed by atoms with Crippen molar-refractivity contribution >= 4 is 11.6 Å². The minimum absolute atomic E-state index is 0.323. The molecule has 0 amide bonds. The van der Waals surface area contributed by atoms with Gasteiger partial charge in [-0.25, -0.2) is 4.79 Å². The maximum Gasteiger partial charge on any atom is 0.342 e. The van der Waals surface area contributed by atoms with Gasteiger partial charge in [0.2, 0.25) is 0 Å². The van der Waals surface area contributed by atoms with E-state index >= 15 is 0 Å². The van der Waals surface area contributed by atoms with Crippen LogP contribution in [0.5, 0.6) is 0 Å². The van der Waals surface area contributed by atoms with Crippen LogP contribution in [0.15, 0.2) is 30.6 Å². The second kappa shape index (κ2) is 5.55. The molecule has 6 nitrogen and oxygen atoms in total. The molecule has 112 valence electrons. The van der Waals surface area contributed by atoms with Gasteiger partial charge in [-0.15, -0.1) is 10.2 Å². The number of rotatable bonds is 3. The summed E-state index contributed by atoms with van der Waals surface area (Å²) < 4.78 is 7.01. The van der Waals surface area contributed by atoms with E-state index in [-0.39, 0.29) is 5.97 Å². The van der Waals surface area contributed by atoms with Crippen molar-refractivity contribution in [1.82, 2.24) is 19.6 Å². The maximum atomic E-state index is 12.2. The Morgan fingerprint density at radius 1 is 1.23 bits per heavy atom. The van der Waals surface area contributed by atoms with E-state index in [4.69, 9.17) is 4.74 Å². The number of aryl methyl sites for hydroxylation is 2. The average molecular weight is 296 g/mol. The number of hydrogen-bond acceptors (Lipinski definition) is 5. The summed E-state index contributed by atoms with van der Waals surface area (Å²) in [6, 6.07) is 5.66. The molecule has 0 unspecified atom stereocenters. The highest BCUT2D eigenvalue weighted by atomic mass is 16.5. The van der Waals surface area contributed by atoms with Gasteiger partial charge >= 0.3 is 5.97 Å². The predicted molar refractivity (Wildman–Crippen MR) is 81.6 cm³/mol. The van der Waals surface area contributed by atoms with Crippen LogP contribution in [-0.4, -0.2) is 32.2 Å². The lowest BCUT2D eigenvalue weighted by molar-refractivity contribution is 0.0527. The van der Waals surface area contributed by atoms with Gasteiger partial charge < -0.3 is 4.74 Å². The van der Waals surface area contributed by atoms with Crippen LogP contribution in [0.2, 0.25) is 0 Å². The Morgan fingerprint density at radius 3 is 2.64 bits per heavy atom. The first-order valence-electron chi connectivity index (χ1n) is 7.06. The van der Waals surface area contributed by atoms with Crippen LogP contribution in [0.1, 0.15) is 28.5 Å². The lowest BCUT2D eigenvalue weighted by atomic mass is 10.1. The fourth-order valence-electron chi connectivity index (χ4n) is 2.55. The summed E-state index contributed by atoms with van der Waals surface area (Å²) >= 11 is 0. The normalized spacial score (nSPS) is 10.9. The van der Waals surface area contributed by atoms with E-state index in [1.807, 2.05) is 36.4 Å². The number of esters is 1. The van der Waals surface area contributed by atoms with Crippen molar-refractivity contribution in [3.63, 3.8) is 0 Å². The zero-order valence-corrected chi connectivity index (χ0v) is 12.7. The number of carbonyl (C=O) groups excluding carboxylic acids is 1. The molecular weight excluding hydrogens is 280 g/mol. The van der Waals surface area contributed by atoms with Crippen molar-refractivity contribution < 1.29 is 9.53 Å². The van der Waals surface area contributed by atoms with E-state index in [1.54, 1.807) is 19.3 Å². The molecule has 3 rings (SSSR count). The molecule has 0 bridgehead atoms. The Balaban J connectivity index is 2.28.